The first-order chi connectivity index (χ1) is 6.18. The quantitative estimate of drug-likeness (QED) is 0.892. The van der Waals surface area contributed by atoms with Gasteiger partial charge in [-0.1, -0.05) is 0 Å². The molecule has 2 N–H and O–H groups in total. The van der Waals surface area contributed by atoms with Gasteiger partial charge in [0, 0.05) is 22.0 Å². The van der Waals surface area contributed by atoms with Crippen molar-refractivity contribution >= 4 is 27.3 Å². The van der Waals surface area contributed by atoms with Crippen LogP contribution in [0.5, 0.6) is 0 Å². The zero-order valence-electron chi connectivity index (χ0n) is 7.09. The highest BCUT2D eigenvalue weighted by Crippen LogP contribution is 2.50. The van der Waals surface area contributed by atoms with Gasteiger partial charge in [0.25, 0.3) is 0 Å². The van der Waals surface area contributed by atoms with E-state index in [1.165, 1.54) is 11.3 Å². The molecular formula is C9H11BrFNS. The number of hydrogen-bond donors (Lipinski definition) is 1. The lowest BCUT2D eigenvalue weighted by Crippen LogP contribution is -2.32. The van der Waals surface area contributed by atoms with Crippen molar-refractivity contribution in [2.75, 3.05) is 6.54 Å². The Bertz CT molecular complexity index is 310. The minimum atomic E-state index is -1.29. The molecule has 1 fully saturated rings. The molecule has 1 saturated carbocycles. The Morgan fingerprint density at radius 2 is 2.31 bits per heavy atom. The highest BCUT2D eigenvalue weighted by molar-refractivity contribution is 9.10. The minimum absolute atomic E-state index is 0.0903. The lowest BCUT2D eigenvalue weighted by molar-refractivity contribution is 0.142. The average molecular weight is 264 g/mol. The first-order valence-corrected chi connectivity index (χ1v) is 6.03. The molecule has 1 aliphatic rings. The fourth-order valence-electron chi connectivity index (χ4n) is 1.62. The Morgan fingerprint density at radius 3 is 2.69 bits per heavy atom. The molecule has 0 aromatic carbocycles. The maximum Gasteiger partial charge on any atom is 0.152 e. The van der Waals surface area contributed by atoms with Crippen molar-refractivity contribution in [1.82, 2.24) is 0 Å². The normalized spacial score (nSPS) is 21.5. The van der Waals surface area contributed by atoms with Crippen molar-refractivity contribution in [3.05, 3.63) is 20.8 Å². The SMILES string of the molecule is NCC(F)(c1cscc1Br)C1CC1. The Kier molecular flexibility index (Phi) is 2.47. The van der Waals surface area contributed by atoms with Gasteiger partial charge in [-0.25, -0.2) is 4.39 Å². The lowest BCUT2D eigenvalue weighted by atomic mass is 9.93. The first kappa shape index (κ1) is 9.62. The van der Waals surface area contributed by atoms with Crippen LogP contribution in [-0.2, 0) is 5.67 Å². The summed E-state index contributed by atoms with van der Waals surface area (Å²) in [7, 11) is 0. The van der Waals surface area contributed by atoms with Crippen molar-refractivity contribution in [3.63, 3.8) is 0 Å². The van der Waals surface area contributed by atoms with Gasteiger partial charge in [0.05, 0.1) is 0 Å². The highest BCUT2D eigenvalue weighted by atomic mass is 79.9. The zero-order chi connectivity index (χ0) is 9.47. The Hall–Kier alpha value is 0.0700. The van der Waals surface area contributed by atoms with E-state index in [-0.39, 0.29) is 12.5 Å². The summed E-state index contributed by atoms with van der Waals surface area (Å²) in [4.78, 5) is 0. The molecule has 1 unspecified atom stereocenters. The third-order valence-corrected chi connectivity index (χ3v) is 4.29. The van der Waals surface area contributed by atoms with E-state index in [4.69, 9.17) is 5.73 Å². The minimum Gasteiger partial charge on any atom is -0.327 e. The summed E-state index contributed by atoms with van der Waals surface area (Å²) < 4.78 is 15.2. The van der Waals surface area contributed by atoms with Gasteiger partial charge < -0.3 is 5.73 Å². The molecule has 0 bridgehead atoms. The molecule has 0 spiro atoms. The average Bonchev–Trinajstić information content (AvgIpc) is 2.89. The molecule has 1 nitrogen and oxygen atoms in total. The summed E-state index contributed by atoms with van der Waals surface area (Å²) in [6, 6.07) is 0. The smallest absolute Gasteiger partial charge is 0.152 e. The number of thiophene rings is 1. The largest absolute Gasteiger partial charge is 0.327 e. The van der Waals surface area contributed by atoms with Crippen LogP contribution >= 0.6 is 27.3 Å². The van der Waals surface area contributed by atoms with Crippen LogP contribution in [0.2, 0.25) is 0 Å². The van der Waals surface area contributed by atoms with E-state index in [2.05, 4.69) is 15.9 Å². The molecule has 72 valence electrons. The van der Waals surface area contributed by atoms with Gasteiger partial charge in [0.2, 0.25) is 0 Å². The maximum atomic E-state index is 14.4. The molecule has 2 rings (SSSR count). The van der Waals surface area contributed by atoms with Gasteiger partial charge in [0.1, 0.15) is 0 Å². The van der Waals surface area contributed by atoms with Crippen LogP contribution in [0.25, 0.3) is 0 Å². The predicted octanol–water partition coefficient (Wildman–Crippen LogP) is 3.04. The molecule has 1 heterocycles. The molecule has 0 saturated heterocycles. The van der Waals surface area contributed by atoms with Crippen LogP contribution in [0, 0.1) is 5.92 Å². The van der Waals surface area contributed by atoms with Crippen molar-refractivity contribution in [2.24, 2.45) is 11.7 Å². The summed E-state index contributed by atoms with van der Waals surface area (Å²) in [5.74, 6) is 0.142. The first-order valence-electron chi connectivity index (χ1n) is 4.29. The Morgan fingerprint density at radius 1 is 1.62 bits per heavy atom. The van der Waals surface area contributed by atoms with Crippen molar-refractivity contribution < 1.29 is 4.39 Å². The number of hydrogen-bond acceptors (Lipinski definition) is 2. The summed E-state index contributed by atoms with van der Waals surface area (Å²) in [5, 5.41) is 3.76. The third kappa shape index (κ3) is 1.55. The van der Waals surface area contributed by atoms with Gasteiger partial charge >= 0.3 is 0 Å². The third-order valence-electron chi connectivity index (χ3n) is 2.58. The van der Waals surface area contributed by atoms with Crippen LogP contribution in [-0.4, -0.2) is 6.54 Å². The van der Waals surface area contributed by atoms with E-state index in [1.807, 2.05) is 10.8 Å². The topological polar surface area (TPSA) is 26.0 Å². The number of rotatable bonds is 3. The molecule has 1 aromatic heterocycles. The number of nitrogens with two attached hydrogens (primary N) is 1. The lowest BCUT2D eigenvalue weighted by Gasteiger charge is -2.23. The molecule has 0 radical (unpaired) electrons. The second-order valence-electron chi connectivity index (χ2n) is 3.47. The molecule has 0 aliphatic heterocycles. The van der Waals surface area contributed by atoms with Crippen LogP contribution < -0.4 is 5.73 Å². The van der Waals surface area contributed by atoms with Gasteiger partial charge in [0.15, 0.2) is 5.67 Å². The van der Waals surface area contributed by atoms with Crippen molar-refractivity contribution in [1.29, 1.82) is 0 Å². The highest BCUT2D eigenvalue weighted by Gasteiger charge is 2.47. The van der Waals surface area contributed by atoms with Crippen LogP contribution in [0.3, 0.4) is 0 Å². The fraction of sp³-hybridized carbons (Fsp3) is 0.556. The fourth-order valence-corrected chi connectivity index (χ4v) is 3.31. The van der Waals surface area contributed by atoms with Crippen molar-refractivity contribution in [2.45, 2.75) is 18.5 Å². The zero-order valence-corrected chi connectivity index (χ0v) is 9.50. The summed E-state index contributed by atoms with van der Waals surface area (Å²) in [5.41, 5.74) is 4.96. The van der Waals surface area contributed by atoms with E-state index >= 15 is 0 Å². The van der Waals surface area contributed by atoms with Crippen LogP contribution in [0.4, 0.5) is 4.39 Å². The number of alkyl halides is 1. The van der Waals surface area contributed by atoms with E-state index in [0.29, 0.717) is 0 Å². The summed E-state index contributed by atoms with van der Waals surface area (Å²) in [6.07, 6.45) is 1.94. The van der Waals surface area contributed by atoms with Gasteiger partial charge in [-0.05, 0) is 40.1 Å². The summed E-state index contributed by atoms with van der Waals surface area (Å²) in [6.45, 7) is 0.0903. The molecule has 1 atom stereocenters. The summed E-state index contributed by atoms with van der Waals surface area (Å²) >= 11 is 4.87. The van der Waals surface area contributed by atoms with Gasteiger partial charge in [-0.2, -0.15) is 11.3 Å². The van der Waals surface area contributed by atoms with E-state index < -0.39 is 5.67 Å². The van der Waals surface area contributed by atoms with E-state index in [0.717, 1.165) is 22.9 Å². The second-order valence-corrected chi connectivity index (χ2v) is 5.07. The molecule has 1 aliphatic carbocycles. The molecule has 4 heteroatoms. The maximum absolute atomic E-state index is 14.4. The van der Waals surface area contributed by atoms with Crippen LogP contribution in [0.15, 0.2) is 15.2 Å². The monoisotopic (exact) mass is 263 g/mol. The molecule has 0 amide bonds. The van der Waals surface area contributed by atoms with Gasteiger partial charge in [-0.15, -0.1) is 0 Å². The molecular weight excluding hydrogens is 253 g/mol. The number of halogens is 2. The van der Waals surface area contributed by atoms with Crippen molar-refractivity contribution in [3.8, 4) is 0 Å². The predicted molar refractivity (Wildman–Crippen MR) is 56.6 cm³/mol. The molecule has 1 aromatic rings. The Balaban J connectivity index is 2.35. The van der Waals surface area contributed by atoms with E-state index in [1.54, 1.807) is 0 Å². The second kappa shape index (κ2) is 3.33. The van der Waals surface area contributed by atoms with E-state index in [9.17, 15) is 4.39 Å². The van der Waals surface area contributed by atoms with Crippen LogP contribution in [0.1, 0.15) is 18.4 Å². The Labute approximate surface area is 89.3 Å². The standard InChI is InChI=1S/C9H11BrFNS/c10-8-4-13-3-7(8)9(11,5-12)6-1-2-6/h3-4,6H,1-2,5,12H2. The van der Waals surface area contributed by atoms with Gasteiger partial charge in [-0.3, -0.25) is 0 Å². The molecule has 13 heavy (non-hydrogen) atoms.